The molecule has 202 valence electrons. The van der Waals surface area contributed by atoms with E-state index in [0.29, 0.717) is 30.2 Å². The van der Waals surface area contributed by atoms with Gasteiger partial charge in [-0.3, -0.25) is 9.88 Å². The summed E-state index contributed by atoms with van der Waals surface area (Å²) in [5, 5.41) is 5.37. The molecular weight excluding hydrogens is 507 g/mol. The molecule has 0 spiro atoms. The van der Waals surface area contributed by atoms with E-state index in [2.05, 4.69) is 20.5 Å². The number of urea groups is 1. The number of hydrogen-bond donors (Lipinski definition) is 2. The molecule has 1 saturated heterocycles. The number of aromatic nitrogens is 1. The molecule has 1 aliphatic heterocycles. The maximum atomic E-state index is 14.4. The first-order valence-corrected chi connectivity index (χ1v) is 13.7. The van der Waals surface area contributed by atoms with Crippen LogP contribution in [0.3, 0.4) is 0 Å². The zero-order valence-electron chi connectivity index (χ0n) is 22.0. The molecule has 0 bridgehead atoms. The van der Waals surface area contributed by atoms with Gasteiger partial charge in [-0.05, 0) is 61.4 Å². The summed E-state index contributed by atoms with van der Waals surface area (Å²) in [6, 6.07) is 14.6. The number of aryl methyl sites for hydroxylation is 1. The molecule has 0 aliphatic carbocycles. The lowest BCUT2D eigenvalue weighted by molar-refractivity contribution is 0.262. The molecule has 9 nitrogen and oxygen atoms in total. The molecule has 2 aromatic carbocycles. The number of para-hydroxylation sites is 1. The Kier molecular flexibility index (Phi) is 8.29. The smallest absolute Gasteiger partial charge is 0.323 e. The Morgan fingerprint density at radius 3 is 2.53 bits per heavy atom. The van der Waals surface area contributed by atoms with Crippen molar-refractivity contribution in [3.8, 4) is 0 Å². The summed E-state index contributed by atoms with van der Waals surface area (Å²) in [5.74, 6) is -0.439. The van der Waals surface area contributed by atoms with E-state index in [9.17, 15) is 17.6 Å². The highest BCUT2D eigenvalue weighted by molar-refractivity contribution is 7.89. The standard InChI is InChI=1S/C27H33FN6O3S/c1-19-9-10-22(16-29-19)30-27(35)31-23-14-20(13-21(28)15-23)17-34-12-11-24(18-34)33(4)25-7-5-6-8-26(25)38(36,37)32(2)3/h5-10,13-16,24H,11-12,17-18H2,1-4H3,(H2,30,31,35)/t24-/m0/s1. The van der Waals surface area contributed by atoms with E-state index in [-0.39, 0.29) is 10.9 Å². The van der Waals surface area contributed by atoms with Gasteiger partial charge >= 0.3 is 6.03 Å². The van der Waals surface area contributed by atoms with E-state index in [1.165, 1.54) is 30.5 Å². The van der Waals surface area contributed by atoms with Crippen LogP contribution in [0, 0.1) is 12.7 Å². The van der Waals surface area contributed by atoms with Gasteiger partial charge in [0.25, 0.3) is 0 Å². The SMILES string of the molecule is Cc1ccc(NC(=O)Nc2cc(F)cc(CN3CC[C@H](N(C)c4ccccc4S(=O)(=O)N(C)C)C3)c2)cn1. The molecule has 38 heavy (non-hydrogen) atoms. The van der Waals surface area contributed by atoms with Gasteiger partial charge in [0.15, 0.2) is 0 Å². The van der Waals surface area contributed by atoms with Crippen molar-refractivity contribution in [3.05, 3.63) is 77.9 Å². The Hall–Kier alpha value is -3.54. The summed E-state index contributed by atoms with van der Waals surface area (Å²) >= 11 is 0. The van der Waals surface area contributed by atoms with Gasteiger partial charge in [0.1, 0.15) is 10.7 Å². The Labute approximate surface area is 223 Å². The minimum absolute atomic E-state index is 0.0913. The molecule has 1 aromatic heterocycles. The van der Waals surface area contributed by atoms with Crippen LogP contribution in [0.5, 0.6) is 0 Å². The largest absolute Gasteiger partial charge is 0.369 e. The van der Waals surface area contributed by atoms with Crippen LogP contribution in [0.2, 0.25) is 0 Å². The monoisotopic (exact) mass is 540 g/mol. The summed E-state index contributed by atoms with van der Waals surface area (Å²) in [6.07, 6.45) is 2.39. The predicted octanol–water partition coefficient (Wildman–Crippen LogP) is 4.13. The molecular formula is C27H33FN6O3S. The van der Waals surface area contributed by atoms with E-state index >= 15 is 0 Å². The van der Waals surface area contributed by atoms with Gasteiger partial charge in [-0.25, -0.2) is 21.9 Å². The molecule has 11 heteroatoms. The zero-order chi connectivity index (χ0) is 27.4. The van der Waals surface area contributed by atoms with E-state index in [1.807, 2.05) is 31.0 Å². The van der Waals surface area contributed by atoms with Crippen LogP contribution >= 0.6 is 0 Å². The average Bonchev–Trinajstić information content (AvgIpc) is 3.32. The van der Waals surface area contributed by atoms with Crippen molar-refractivity contribution in [2.75, 3.05) is 49.8 Å². The number of carbonyl (C=O) groups excluding carboxylic acids is 1. The van der Waals surface area contributed by atoms with Crippen LogP contribution in [0.25, 0.3) is 0 Å². The third kappa shape index (κ3) is 6.47. The summed E-state index contributed by atoms with van der Waals surface area (Å²) in [7, 11) is 1.36. The third-order valence-corrected chi connectivity index (χ3v) is 8.45. The van der Waals surface area contributed by atoms with Crippen molar-refractivity contribution in [3.63, 3.8) is 0 Å². The lowest BCUT2D eigenvalue weighted by Gasteiger charge is -2.29. The maximum absolute atomic E-state index is 14.4. The maximum Gasteiger partial charge on any atom is 0.323 e. The van der Waals surface area contributed by atoms with Gasteiger partial charge in [0.2, 0.25) is 10.0 Å². The lowest BCUT2D eigenvalue weighted by atomic mass is 10.1. The molecule has 2 N–H and O–H groups in total. The third-order valence-electron chi connectivity index (χ3n) is 6.59. The summed E-state index contributed by atoms with van der Waals surface area (Å²) in [4.78, 5) is 21.0. The van der Waals surface area contributed by atoms with E-state index in [0.717, 1.165) is 24.2 Å². The number of amides is 2. The molecule has 1 fully saturated rings. The second-order valence-electron chi connectivity index (χ2n) is 9.66. The van der Waals surface area contributed by atoms with Crippen LogP contribution in [-0.2, 0) is 16.6 Å². The summed E-state index contributed by atoms with van der Waals surface area (Å²) in [6.45, 7) is 3.82. The number of sulfonamides is 1. The van der Waals surface area contributed by atoms with Gasteiger partial charge in [-0.2, -0.15) is 0 Å². The fraction of sp³-hybridized carbons (Fsp3) is 0.333. The van der Waals surface area contributed by atoms with E-state index < -0.39 is 21.9 Å². The molecule has 3 aromatic rings. The number of hydrogen-bond acceptors (Lipinski definition) is 6. The van der Waals surface area contributed by atoms with Crippen LogP contribution in [0.4, 0.5) is 26.2 Å². The Balaban J connectivity index is 1.41. The normalized spacial score (nSPS) is 16.0. The first-order chi connectivity index (χ1) is 18.0. The van der Waals surface area contributed by atoms with Crippen LogP contribution in [0.15, 0.2) is 65.7 Å². The Morgan fingerprint density at radius 1 is 1.08 bits per heavy atom. The molecule has 1 aliphatic rings. The van der Waals surface area contributed by atoms with Crippen molar-refractivity contribution < 1.29 is 17.6 Å². The van der Waals surface area contributed by atoms with Crippen molar-refractivity contribution in [2.45, 2.75) is 30.8 Å². The number of rotatable bonds is 8. The number of likely N-dealkylation sites (tertiary alicyclic amines) is 1. The first kappa shape index (κ1) is 27.5. The van der Waals surface area contributed by atoms with Crippen molar-refractivity contribution in [1.82, 2.24) is 14.2 Å². The fourth-order valence-electron chi connectivity index (χ4n) is 4.54. The average molecular weight is 541 g/mol. The Bertz CT molecular complexity index is 1400. The number of halogens is 1. The number of carbonyl (C=O) groups is 1. The number of nitrogens with one attached hydrogen (secondary N) is 2. The fourth-order valence-corrected chi connectivity index (χ4v) is 5.66. The van der Waals surface area contributed by atoms with Gasteiger partial charge < -0.3 is 15.5 Å². The van der Waals surface area contributed by atoms with Gasteiger partial charge in [0.05, 0.1) is 17.6 Å². The van der Waals surface area contributed by atoms with Crippen molar-refractivity contribution in [2.24, 2.45) is 0 Å². The first-order valence-electron chi connectivity index (χ1n) is 12.3. The van der Waals surface area contributed by atoms with E-state index in [1.54, 1.807) is 36.5 Å². The highest BCUT2D eigenvalue weighted by atomic mass is 32.2. The second kappa shape index (κ2) is 11.5. The molecule has 4 rings (SSSR count). The number of benzene rings is 2. The van der Waals surface area contributed by atoms with Crippen molar-refractivity contribution in [1.29, 1.82) is 0 Å². The lowest BCUT2D eigenvalue weighted by Crippen LogP contribution is -2.36. The molecule has 2 amide bonds. The van der Waals surface area contributed by atoms with Crippen molar-refractivity contribution >= 4 is 33.1 Å². The number of pyridine rings is 1. The summed E-state index contributed by atoms with van der Waals surface area (Å²) in [5.41, 5.74) is 3.12. The highest BCUT2D eigenvalue weighted by Crippen LogP contribution is 2.30. The topological polar surface area (TPSA) is 97.9 Å². The quantitative estimate of drug-likeness (QED) is 0.446. The number of likely N-dealkylation sites (N-methyl/N-ethyl adjacent to an activating group) is 1. The molecule has 2 heterocycles. The second-order valence-corrected chi connectivity index (χ2v) is 11.8. The van der Waals surface area contributed by atoms with Crippen LogP contribution in [-0.4, -0.2) is 68.9 Å². The van der Waals surface area contributed by atoms with Gasteiger partial charge in [-0.15, -0.1) is 0 Å². The highest BCUT2D eigenvalue weighted by Gasteiger charge is 2.30. The zero-order valence-corrected chi connectivity index (χ0v) is 22.8. The number of nitrogens with zero attached hydrogens (tertiary/aromatic N) is 4. The molecule has 0 saturated carbocycles. The summed E-state index contributed by atoms with van der Waals surface area (Å²) < 4.78 is 41.3. The van der Waals surface area contributed by atoms with Gasteiger partial charge in [-0.1, -0.05) is 12.1 Å². The molecule has 0 radical (unpaired) electrons. The van der Waals surface area contributed by atoms with E-state index in [4.69, 9.17) is 0 Å². The van der Waals surface area contributed by atoms with Crippen LogP contribution < -0.4 is 15.5 Å². The molecule has 1 atom stereocenters. The Morgan fingerprint density at radius 2 is 1.82 bits per heavy atom. The van der Waals surface area contributed by atoms with Crippen LogP contribution in [0.1, 0.15) is 17.7 Å². The molecule has 0 unspecified atom stereocenters. The minimum Gasteiger partial charge on any atom is -0.369 e. The van der Waals surface area contributed by atoms with Gasteiger partial charge in [0, 0.05) is 58.2 Å². The predicted molar refractivity (Wildman–Crippen MR) is 147 cm³/mol. The minimum atomic E-state index is -3.59. The number of anilines is 3.